The lowest BCUT2D eigenvalue weighted by Gasteiger charge is -2.26. The Labute approximate surface area is 127 Å². The van der Waals surface area contributed by atoms with Gasteiger partial charge in [-0.2, -0.15) is 0 Å². The van der Waals surface area contributed by atoms with Crippen LogP contribution in [0.4, 0.5) is 0 Å². The topological polar surface area (TPSA) is 49.3 Å². The van der Waals surface area contributed by atoms with E-state index in [-0.39, 0.29) is 5.91 Å². The van der Waals surface area contributed by atoms with Crippen LogP contribution in [0.1, 0.15) is 48.2 Å². The summed E-state index contributed by atoms with van der Waals surface area (Å²) < 4.78 is 0. The van der Waals surface area contributed by atoms with Crippen LogP contribution >= 0.6 is 0 Å². The second-order valence-corrected chi connectivity index (χ2v) is 6.05. The van der Waals surface area contributed by atoms with Crippen LogP contribution in [0.3, 0.4) is 0 Å². The first kappa shape index (κ1) is 15.9. The quantitative estimate of drug-likeness (QED) is 0.832. The number of hydrogen-bond acceptors (Lipinski definition) is 4. The smallest absolute Gasteiger partial charge is 0.272 e. The molecule has 1 aliphatic heterocycles. The average Bonchev–Trinajstić information content (AvgIpc) is 2.96. The Hall–Kier alpha value is -1.49. The fourth-order valence-corrected chi connectivity index (χ4v) is 2.87. The number of aromatic nitrogens is 2. The fraction of sp³-hybridized carbons (Fsp3) is 0.688. The van der Waals surface area contributed by atoms with E-state index in [1.54, 1.807) is 11.0 Å². The van der Waals surface area contributed by atoms with Gasteiger partial charge in [0.1, 0.15) is 11.5 Å². The van der Waals surface area contributed by atoms with Crippen molar-refractivity contribution in [3.8, 4) is 0 Å². The molecule has 1 fully saturated rings. The molecule has 1 aromatic heterocycles. The highest BCUT2D eigenvalue weighted by molar-refractivity contribution is 5.92. The molecular formula is C16H26N4O. The summed E-state index contributed by atoms with van der Waals surface area (Å²) in [5, 5.41) is 0. The summed E-state index contributed by atoms with van der Waals surface area (Å²) >= 11 is 0. The molecule has 5 nitrogen and oxygen atoms in total. The molecule has 2 rings (SSSR count). The Kier molecular flexibility index (Phi) is 5.28. The molecule has 0 N–H and O–H groups in total. The number of rotatable bonds is 5. The van der Waals surface area contributed by atoms with Crippen LogP contribution in [0, 0.1) is 13.8 Å². The van der Waals surface area contributed by atoms with E-state index in [1.807, 2.05) is 20.9 Å². The van der Waals surface area contributed by atoms with Gasteiger partial charge in [0.25, 0.3) is 5.91 Å². The minimum Gasteiger partial charge on any atom is -0.340 e. The maximum absolute atomic E-state index is 12.4. The Morgan fingerprint density at radius 1 is 1.33 bits per heavy atom. The lowest BCUT2D eigenvalue weighted by molar-refractivity contribution is 0.0775. The first-order chi connectivity index (χ1) is 9.97. The van der Waals surface area contributed by atoms with E-state index in [0.717, 1.165) is 18.7 Å². The van der Waals surface area contributed by atoms with Gasteiger partial charge in [0.05, 0.1) is 0 Å². The highest BCUT2D eigenvalue weighted by Gasteiger charge is 2.20. The van der Waals surface area contributed by atoms with Crippen LogP contribution in [0.25, 0.3) is 0 Å². The molecule has 1 unspecified atom stereocenters. The van der Waals surface area contributed by atoms with E-state index in [9.17, 15) is 4.79 Å². The van der Waals surface area contributed by atoms with E-state index in [4.69, 9.17) is 0 Å². The molecule has 1 amide bonds. The van der Waals surface area contributed by atoms with Gasteiger partial charge in [-0.15, -0.1) is 0 Å². The Balaban J connectivity index is 1.89. The summed E-state index contributed by atoms with van der Waals surface area (Å²) in [6.45, 7) is 9.12. The molecular weight excluding hydrogens is 264 g/mol. The minimum absolute atomic E-state index is 0.0165. The molecule has 1 saturated heterocycles. The van der Waals surface area contributed by atoms with Crippen LogP contribution in [-0.4, -0.2) is 58.4 Å². The van der Waals surface area contributed by atoms with Crippen LogP contribution < -0.4 is 0 Å². The molecule has 0 bridgehead atoms. The van der Waals surface area contributed by atoms with Gasteiger partial charge in [-0.25, -0.2) is 9.97 Å². The predicted octanol–water partition coefficient (Wildman–Crippen LogP) is 2.04. The van der Waals surface area contributed by atoms with Gasteiger partial charge in [0.15, 0.2) is 0 Å². The van der Waals surface area contributed by atoms with Gasteiger partial charge in [-0.05, 0) is 59.2 Å². The number of likely N-dealkylation sites (tertiary alicyclic amines) is 1. The zero-order chi connectivity index (χ0) is 15.4. The second-order valence-electron chi connectivity index (χ2n) is 6.05. The van der Waals surface area contributed by atoms with Crippen molar-refractivity contribution >= 4 is 5.91 Å². The van der Waals surface area contributed by atoms with E-state index in [2.05, 4.69) is 21.8 Å². The molecule has 0 aliphatic carbocycles. The van der Waals surface area contributed by atoms with E-state index in [0.29, 0.717) is 17.6 Å². The molecule has 21 heavy (non-hydrogen) atoms. The monoisotopic (exact) mass is 290 g/mol. The summed E-state index contributed by atoms with van der Waals surface area (Å²) in [6, 6.07) is 2.30. The lowest BCUT2D eigenvalue weighted by atomic mass is 10.2. The molecule has 116 valence electrons. The fourth-order valence-electron chi connectivity index (χ4n) is 2.87. The lowest BCUT2D eigenvalue weighted by Crippen LogP contribution is -2.35. The normalized spacial score (nSPS) is 17.0. The number of nitrogens with zero attached hydrogens (tertiary/aromatic N) is 4. The van der Waals surface area contributed by atoms with Crippen molar-refractivity contribution in [2.45, 2.75) is 46.1 Å². The SMILES string of the molecule is Cc1cc(C(=O)N(C)CCC(C)N2CCCC2)nc(C)n1. The molecule has 0 radical (unpaired) electrons. The molecule has 1 atom stereocenters. The van der Waals surface area contributed by atoms with Crippen LogP contribution in [0.15, 0.2) is 6.07 Å². The van der Waals surface area contributed by atoms with Gasteiger partial charge in [0.2, 0.25) is 0 Å². The highest BCUT2D eigenvalue weighted by Crippen LogP contribution is 2.14. The molecule has 5 heteroatoms. The Bertz CT molecular complexity index is 477. The summed E-state index contributed by atoms with van der Waals surface area (Å²) in [4.78, 5) is 25.1. The Morgan fingerprint density at radius 3 is 2.62 bits per heavy atom. The van der Waals surface area contributed by atoms with Crippen molar-refractivity contribution < 1.29 is 4.79 Å². The molecule has 0 saturated carbocycles. The van der Waals surface area contributed by atoms with E-state index < -0.39 is 0 Å². The zero-order valence-corrected chi connectivity index (χ0v) is 13.6. The van der Waals surface area contributed by atoms with Crippen molar-refractivity contribution in [3.63, 3.8) is 0 Å². The molecule has 2 heterocycles. The first-order valence-corrected chi connectivity index (χ1v) is 7.79. The van der Waals surface area contributed by atoms with Crippen LogP contribution in [-0.2, 0) is 0 Å². The van der Waals surface area contributed by atoms with Gasteiger partial charge in [0, 0.05) is 25.3 Å². The maximum Gasteiger partial charge on any atom is 0.272 e. The van der Waals surface area contributed by atoms with Crippen molar-refractivity contribution in [3.05, 3.63) is 23.3 Å². The third kappa shape index (κ3) is 4.24. The number of hydrogen-bond donors (Lipinski definition) is 0. The van der Waals surface area contributed by atoms with Gasteiger partial charge in [-0.1, -0.05) is 0 Å². The number of amides is 1. The van der Waals surface area contributed by atoms with Gasteiger partial charge in [-0.3, -0.25) is 4.79 Å². The molecule has 1 aromatic rings. The molecule has 0 spiro atoms. The van der Waals surface area contributed by atoms with E-state index >= 15 is 0 Å². The van der Waals surface area contributed by atoms with Crippen molar-refractivity contribution in [1.29, 1.82) is 0 Å². The summed E-state index contributed by atoms with van der Waals surface area (Å²) in [5.41, 5.74) is 1.33. The van der Waals surface area contributed by atoms with Gasteiger partial charge >= 0.3 is 0 Å². The summed E-state index contributed by atoms with van der Waals surface area (Å²) in [6.07, 6.45) is 3.61. The average molecular weight is 290 g/mol. The van der Waals surface area contributed by atoms with Gasteiger partial charge < -0.3 is 9.80 Å². The van der Waals surface area contributed by atoms with Crippen LogP contribution in [0.2, 0.25) is 0 Å². The Morgan fingerprint density at radius 2 is 2.00 bits per heavy atom. The molecule has 1 aliphatic rings. The van der Waals surface area contributed by atoms with E-state index in [1.165, 1.54) is 25.9 Å². The van der Waals surface area contributed by atoms with Crippen molar-refractivity contribution in [2.24, 2.45) is 0 Å². The third-order valence-corrected chi connectivity index (χ3v) is 4.18. The number of aryl methyl sites for hydroxylation is 2. The minimum atomic E-state index is -0.0165. The summed E-state index contributed by atoms with van der Waals surface area (Å²) in [7, 11) is 1.85. The number of carbonyl (C=O) groups excluding carboxylic acids is 1. The van der Waals surface area contributed by atoms with Crippen LogP contribution in [0.5, 0.6) is 0 Å². The van der Waals surface area contributed by atoms with Crippen molar-refractivity contribution in [1.82, 2.24) is 19.8 Å². The third-order valence-electron chi connectivity index (χ3n) is 4.18. The largest absolute Gasteiger partial charge is 0.340 e. The zero-order valence-electron chi connectivity index (χ0n) is 13.6. The summed E-state index contributed by atoms with van der Waals surface area (Å²) in [5.74, 6) is 0.634. The predicted molar refractivity (Wildman–Crippen MR) is 83.4 cm³/mol. The second kappa shape index (κ2) is 6.98. The standard InChI is InChI=1S/C16H26N4O/c1-12-11-15(18-14(3)17-12)16(21)19(4)10-7-13(2)20-8-5-6-9-20/h11,13H,5-10H2,1-4H3. The van der Waals surface area contributed by atoms with Crippen molar-refractivity contribution in [2.75, 3.05) is 26.7 Å². The number of carbonyl (C=O) groups is 1. The maximum atomic E-state index is 12.4. The first-order valence-electron chi connectivity index (χ1n) is 7.79. The highest BCUT2D eigenvalue weighted by atomic mass is 16.2. The molecule has 0 aromatic carbocycles.